The average Bonchev–Trinajstić information content (AvgIpc) is 2.28. The number of hydrogen-bond acceptors (Lipinski definition) is 2. The van der Waals surface area contributed by atoms with Crippen molar-refractivity contribution in [2.24, 2.45) is 0 Å². The van der Waals surface area contributed by atoms with Crippen molar-refractivity contribution in [3.63, 3.8) is 0 Å². The zero-order valence-corrected chi connectivity index (χ0v) is 10.5. The lowest BCUT2D eigenvalue weighted by molar-refractivity contribution is -0.135. The van der Waals surface area contributed by atoms with E-state index in [-0.39, 0.29) is 11.9 Å². The van der Waals surface area contributed by atoms with Crippen LogP contribution in [0.25, 0.3) is 0 Å². The summed E-state index contributed by atoms with van der Waals surface area (Å²) >= 11 is 3.49. The molecule has 1 aromatic rings. The van der Waals surface area contributed by atoms with Crippen molar-refractivity contribution in [1.29, 1.82) is 0 Å². The van der Waals surface area contributed by atoms with Gasteiger partial charge in [-0.25, -0.2) is 0 Å². The maximum Gasteiger partial charge on any atom is 0.237 e. The van der Waals surface area contributed by atoms with Crippen molar-refractivity contribution in [3.8, 4) is 0 Å². The van der Waals surface area contributed by atoms with Gasteiger partial charge in [0.1, 0.15) is 0 Å². The minimum Gasteiger partial charge on any atom is -0.333 e. The predicted molar refractivity (Wildman–Crippen MR) is 65.2 cm³/mol. The molecule has 2 heterocycles. The van der Waals surface area contributed by atoms with E-state index >= 15 is 0 Å². The molecule has 0 saturated carbocycles. The highest BCUT2D eigenvalue weighted by atomic mass is 79.9. The van der Waals surface area contributed by atoms with Gasteiger partial charge in [-0.15, -0.1) is 0 Å². The number of nitrogens with one attached hydrogen (secondary N) is 1. The average molecular weight is 281 g/mol. The highest BCUT2D eigenvalue weighted by Crippen LogP contribution is 2.32. The number of rotatable bonds is 0. The molecule has 1 saturated heterocycles. The summed E-state index contributed by atoms with van der Waals surface area (Å²) in [5.74, 6) is 0.227. The van der Waals surface area contributed by atoms with Crippen LogP contribution >= 0.6 is 15.9 Å². The van der Waals surface area contributed by atoms with Crippen LogP contribution in [0.3, 0.4) is 0 Å². The topological polar surface area (TPSA) is 32.3 Å². The number of fused-ring (bicyclic) bond motifs is 3. The summed E-state index contributed by atoms with van der Waals surface area (Å²) in [7, 11) is 0. The van der Waals surface area contributed by atoms with Crippen LogP contribution < -0.4 is 5.32 Å². The summed E-state index contributed by atoms with van der Waals surface area (Å²) in [5.41, 5.74) is 2.67. The fraction of sp³-hybridized carbons (Fsp3) is 0.417. The molecule has 0 spiro atoms. The number of nitrogens with zero attached hydrogens (tertiary/aromatic N) is 1. The van der Waals surface area contributed by atoms with Gasteiger partial charge in [0.05, 0.1) is 12.6 Å². The Hall–Kier alpha value is -0.870. The Kier molecular flexibility index (Phi) is 2.48. The molecule has 1 aromatic carbocycles. The van der Waals surface area contributed by atoms with Gasteiger partial charge in [0, 0.05) is 17.6 Å². The Morgan fingerprint density at radius 1 is 1.44 bits per heavy atom. The Labute approximate surface area is 103 Å². The molecule has 3 rings (SSSR count). The van der Waals surface area contributed by atoms with Gasteiger partial charge in [0.2, 0.25) is 5.91 Å². The highest BCUT2D eigenvalue weighted by Gasteiger charge is 2.33. The normalized spacial score (nSPS) is 23.9. The van der Waals surface area contributed by atoms with Gasteiger partial charge in [0.15, 0.2) is 0 Å². The Morgan fingerprint density at radius 3 is 3.19 bits per heavy atom. The molecule has 1 atom stereocenters. The molecule has 1 fully saturated rings. The summed E-state index contributed by atoms with van der Waals surface area (Å²) in [6, 6.07) is 6.60. The quantitative estimate of drug-likeness (QED) is 0.781. The van der Waals surface area contributed by atoms with Crippen molar-refractivity contribution in [3.05, 3.63) is 33.8 Å². The molecule has 3 nitrogen and oxygen atoms in total. The summed E-state index contributed by atoms with van der Waals surface area (Å²) < 4.78 is 1.12. The van der Waals surface area contributed by atoms with Gasteiger partial charge in [-0.05, 0) is 29.7 Å². The highest BCUT2D eigenvalue weighted by molar-refractivity contribution is 9.10. The second-order valence-corrected chi connectivity index (χ2v) is 5.24. The van der Waals surface area contributed by atoms with Gasteiger partial charge in [-0.3, -0.25) is 4.79 Å². The zero-order chi connectivity index (χ0) is 11.1. The van der Waals surface area contributed by atoms with Gasteiger partial charge >= 0.3 is 0 Å². The number of amides is 1. The molecule has 1 N–H and O–H groups in total. The third-order valence-electron chi connectivity index (χ3n) is 3.40. The first-order chi connectivity index (χ1) is 7.75. The first-order valence-corrected chi connectivity index (χ1v) is 6.33. The van der Waals surface area contributed by atoms with Crippen LogP contribution in [0.2, 0.25) is 0 Å². The molecule has 1 amide bonds. The van der Waals surface area contributed by atoms with E-state index in [1.54, 1.807) is 0 Å². The van der Waals surface area contributed by atoms with E-state index in [0.29, 0.717) is 6.54 Å². The van der Waals surface area contributed by atoms with E-state index in [1.165, 1.54) is 11.1 Å². The van der Waals surface area contributed by atoms with Crippen LogP contribution in [0, 0.1) is 0 Å². The smallest absolute Gasteiger partial charge is 0.237 e. The van der Waals surface area contributed by atoms with Gasteiger partial charge < -0.3 is 10.2 Å². The maximum absolute atomic E-state index is 11.8. The second kappa shape index (κ2) is 3.86. The molecule has 0 radical (unpaired) electrons. The monoisotopic (exact) mass is 280 g/mol. The van der Waals surface area contributed by atoms with E-state index < -0.39 is 0 Å². The van der Waals surface area contributed by atoms with Crippen molar-refractivity contribution >= 4 is 21.8 Å². The summed E-state index contributed by atoms with van der Waals surface area (Å²) in [6.45, 7) is 2.22. The van der Waals surface area contributed by atoms with Crippen molar-refractivity contribution < 1.29 is 4.79 Å². The Bertz CT molecular complexity index is 447. The van der Waals surface area contributed by atoms with Crippen LogP contribution in [0.4, 0.5) is 0 Å². The summed E-state index contributed by atoms with van der Waals surface area (Å²) in [5, 5.41) is 3.19. The molecule has 2 aliphatic heterocycles. The van der Waals surface area contributed by atoms with E-state index in [4.69, 9.17) is 0 Å². The van der Waals surface area contributed by atoms with Crippen LogP contribution in [0.15, 0.2) is 22.7 Å². The van der Waals surface area contributed by atoms with Crippen molar-refractivity contribution in [2.45, 2.75) is 12.5 Å². The first-order valence-electron chi connectivity index (χ1n) is 5.54. The van der Waals surface area contributed by atoms with E-state index in [0.717, 1.165) is 24.0 Å². The molecule has 16 heavy (non-hydrogen) atoms. The molecule has 84 valence electrons. The molecule has 0 bridgehead atoms. The molecule has 1 unspecified atom stereocenters. The Balaban J connectivity index is 2.02. The largest absolute Gasteiger partial charge is 0.333 e. The lowest BCUT2D eigenvalue weighted by Crippen LogP contribution is -2.52. The fourth-order valence-corrected chi connectivity index (χ4v) is 3.03. The maximum atomic E-state index is 11.8. The van der Waals surface area contributed by atoms with Crippen LogP contribution in [0.5, 0.6) is 0 Å². The van der Waals surface area contributed by atoms with E-state index in [1.807, 2.05) is 4.90 Å². The molecule has 0 aliphatic carbocycles. The SMILES string of the molecule is O=C1CNCC2c3ccc(Br)cc3CCN12. The second-order valence-electron chi connectivity index (χ2n) is 4.33. The molecular weight excluding hydrogens is 268 g/mol. The number of benzene rings is 1. The van der Waals surface area contributed by atoms with E-state index in [2.05, 4.69) is 39.4 Å². The summed E-state index contributed by atoms with van der Waals surface area (Å²) in [4.78, 5) is 13.8. The fourth-order valence-electron chi connectivity index (χ4n) is 2.62. The lowest BCUT2D eigenvalue weighted by Gasteiger charge is -2.40. The van der Waals surface area contributed by atoms with Gasteiger partial charge in [-0.2, -0.15) is 0 Å². The lowest BCUT2D eigenvalue weighted by atomic mass is 9.91. The Morgan fingerprint density at radius 2 is 2.31 bits per heavy atom. The molecule has 0 aromatic heterocycles. The summed E-state index contributed by atoms with van der Waals surface area (Å²) in [6.07, 6.45) is 0.969. The van der Waals surface area contributed by atoms with Crippen LogP contribution in [-0.2, 0) is 11.2 Å². The van der Waals surface area contributed by atoms with Crippen LogP contribution in [-0.4, -0.2) is 30.4 Å². The zero-order valence-electron chi connectivity index (χ0n) is 8.87. The molecular formula is C12H13BrN2O. The number of carbonyl (C=O) groups is 1. The predicted octanol–water partition coefficient (Wildman–Crippen LogP) is 1.48. The number of halogens is 1. The van der Waals surface area contributed by atoms with Crippen molar-refractivity contribution in [1.82, 2.24) is 10.2 Å². The molecule has 4 heteroatoms. The van der Waals surface area contributed by atoms with Gasteiger partial charge in [-0.1, -0.05) is 22.0 Å². The third kappa shape index (κ3) is 1.57. The first kappa shape index (κ1) is 10.3. The standard InChI is InChI=1S/C12H13BrN2O/c13-9-1-2-10-8(5-9)3-4-15-11(10)6-14-7-12(15)16/h1-2,5,11,14H,3-4,6-7H2. The number of hydrogen-bond donors (Lipinski definition) is 1. The number of piperazine rings is 1. The van der Waals surface area contributed by atoms with Crippen LogP contribution in [0.1, 0.15) is 17.2 Å². The number of carbonyl (C=O) groups excluding carboxylic acids is 1. The minimum absolute atomic E-state index is 0.227. The minimum atomic E-state index is 0.227. The third-order valence-corrected chi connectivity index (χ3v) is 3.89. The van der Waals surface area contributed by atoms with Gasteiger partial charge in [0.25, 0.3) is 0 Å². The van der Waals surface area contributed by atoms with Crippen molar-refractivity contribution in [2.75, 3.05) is 19.6 Å². The molecule has 2 aliphatic rings. The van der Waals surface area contributed by atoms with E-state index in [9.17, 15) is 4.79 Å².